The lowest BCUT2D eigenvalue weighted by Gasteiger charge is -2.31. The third-order valence-electron chi connectivity index (χ3n) is 6.07. The molecule has 0 unspecified atom stereocenters. The van der Waals surface area contributed by atoms with Crippen LogP contribution in [0, 0.1) is 26.7 Å². The number of rotatable bonds is 7. The number of anilines is 1. The first-order chi connectivity index (χ1) is 14.7. The van der Waals surface area contributed by atoms with Crippen molar-refractivity contribution in [1.29, 1.82) is 0 Å². The Morgan fingerprint density at radius 1 is 1.03 bits per heavy atom. The molecule has 168 valence electrons. The Morgan fingerprint density at radius 3 is 2.16 bits per heavy atom. The van der Waals surface area contributed by atoms with Crippen LogP contribution in [0.1, 0.15) is 54.9 Å². The number of carbonyl (C=O) groups is 1. The van der Waals surface area contributed by atoms with Crippen molar-refractivity contribution in [3.8, 4) is 0 Å². The molecule has 0 spiro atoms. The Hall–Kier alpha value is -2.18. The Labute approximate surface area is 186 Å². The molecular weight excluding hydrogens is 408 g/mol. The second-order valence-electron chi connectivity index (χ2n) is 8.70. The number of amides is 1. The van der Waals surface area contributed by atoms with Crippen molar-refractivity contribution in [2.24, 2.45) is 5.92 Å². The molecule has 1 N–H and O–H groups in total. The first kappa shape index (κ1) is 23.5. The van der Waals surface area contributed by atoms with Crippen LogP contribution in [0.3, 0.4) is 0 Å². The number of aryl methyl sites for hydroxylation is 4. The fraction of sp³-hybridized carbons (Fsp3) is 0.480. The summed E-state index contributed by atoms with van der Waals surface area (Å²) in [5.41, 5.74) is 4.69. The molecule has 0 aromatic heterocycles. The predicted molar refractivity (Wildman–Crippen MR) is 126 cm³/mol. The number of carbonyl (C=O) groups excluding carboxylic acids is 1. The molecule has 0 radical (unpaired) electrons. The van der Waals surface area contributed by atoms with E-state index < -0.39 is 10.0 Å². The lowest BCUT2D eigenvalue weighted by Crippen LogP contribution is -2.41. The maximum atomic E-state index is 13.2. The van der Waals surface area contributed by atoms with E-state index in [1.165, 1.54) is 9.87 Å². The molecule has 1 heterocycles. The number of unbranched alkanes of at least 4 members (excludes halogenated alkanes) is 1. The van der Waals surface area contributed by atoms with E-state index in [1.54, 1.807) is 0 Å². The van der Waals surface area contributed by atoms with Gasteiger partial charge in [0, 0.05) is 24.7 Å². The maximum Gasteiger partial charge on any atom is 0.243 e. The van der Waals surface area contributed by atoms with Gasteiger partial charge in [-0.15, -0.1) is 0 Å². The van der Waals surface area contributed by atoms with E-state index in [0.29, 0.717) is 30.8 Å². The lowest BCUT2D eigenvalue weighted by molar-refractivity contribution is -0.120. The van der Waals surface area contributed by atoms with Crippen LogP contribution in [-0.4, -0.2) is 31.7 Å². The minimum Gasteiger partial charge on any atom is -0.326 e. The fourth-order valence-electron chi connectivity index (χ4n) is 4.44. The SMILES string of the molecule is CCCCc1ccc(NC(=O)C2CCN(S(=O)(=O)c3c(C)cc(C)cc3C)CC2)cc1. The number of hydrogen-bond acceptors (Lipinski definition) is 3. The summed E-state index contributed by atoms with van der Waals surface area (Å²) in [6.07, 6.45) is 4.44. The predicted octanol–water partition coefficient (Wildman–Crippen LogP) is 4.99. The molecule has 0 aliphatic carbocycles. The molecule has 5 nitrogen and oxygen atoms in total. The van der Waals surface area contributed by atoms with Gasteiger partial charge in [0.25, 0.3) is 0 Å². The summed E-state index contributed by atoms with van der Waals surface area (Å²) in [7, 11) is -3.56. The molecule has 0 bridgehead atoms. The van der Waals surface area contributed by atoms with Gasteiger partial charge in [0.05, 0.1) is 4.90 Å². The number of hydrogen-bond donors (Lipinski definition) is 1. The average molecular weight is 443 g/mol. The maximum absolute atomic E-state index is 13.2. The molecule has 2 aromatic rings. The zero-order chi connectivity index (χ0) is 22.6. The van der Waals surface area contributed by atoms with Crippen molar-refractivity contribution in [1.82, 2.24) is 4.31 Å². The third kappa shape index (κ3) is 5.55. The quantitative estimate of drug-likeness (QED) is 0.657. The van der Waals surface area contributed by atoms with Gasteiger partial charge in [-0.1, -0.05) is 43.2 Å². The van der Waals surface area contributed by atoms with Crippen molar-refractivity contribution >= 4 is 21.6 Å². The van der Waals surface area contributed by atoms with Crippen LogP contribution in [0.5, 0.6) is 0 Å². The highest BCUT2D eigenvalue weighted by molar-refractivity contribution is 7.89. The van der Waals surface area contributed by atoms with Gasteiger partial charge in [0.15, 0.2) is 0 Å². The molecular formula is C25H34N2O3S. The van der Waals surface area contributed by atoms with Crippen molar-refractivity contribution in [2.45, 2.75) is 64.7 Å². The average Bonchev–Trinajstić information content (AvgIpc) is 2.72. The van der Waals surface area contributed by atoms with Crippen molar-refractivity contribution in [3.05, 3.63) is 58.7 Å². The summed E-state index contributed by atoms with van der Waals surface area (Å²) in [5, 5.41) is 3.00. The summed E-state index contributed by atoms with van der Waals surface area (Å²) < 4.78 is 28.0. The van der Waals surface area contributed by atoms with Gasteiger partial charge in [-0.25, -0.2) is 8.42 Å². The van der Waals surface area contributed by atoms with Crippen LogP contribution >= 0.6 is 0 Å². The van der Waals surface area contributed by atoms with Gasteiger partial charge in [0.2, 0.25) is 15.9 Å². The van der Waals surface area contributed by atoms with E-state index in [2.05, 4.69) is 24.4 Å². The van der Waals surface area contributed by atoms with Gasteiger partial charge >= 0.3 is 0 Å². The van der Waals surface area contributed by atoms with Crippen molar-refractivity contribution in [3.63, 3.8) is 0 Å². The molecule has 1 aliphatic heterocycles. The van der Waals surface area contributed by atoms with Gasteiger partial charge in [0.1, 0.15) is 0 Å². The smallest absolute Gasteiger partial charge is 0.243 e. The van der Waals surface area contributed by atoms with Crippen LogP contribution in [0.25, 0.3) is 0 Å². The number of nitrogens with zero attached hydrogens (tertiary/aromatic N) is 1. The molecule has 31 heavy (non-hydrogen) atoms. The molecule has 6 heteroatoms. The number of sulfonamides is 1. The zero-order valence-corrected chi connectivity index (χ0v) is 19.9. The van der Waals surface area contributed by atoms with E-state index in [4.69, 9.17) is 0 Å². The second-order valence-corrected chi connectivity index (χ2v) is 10.6. The van der Waals surface area contributed by atoms with Crippen LogP contribution in [0.2, 0.25) is 0 Å². The zero-order valence-electron chi connectivity index (χ0n) is 19.1. The normalized spacial score (nSPS) is 15.7. The number of piperidine rings is 1. The van der Waals surface area contributed by atoms with Gasteiger partial charge in [-0.05, 0) is 75.3 Å². The summed E-state index contributed by atoms with van der Waals surface area (Å²) in [4.78, 5) is 13.1. The highest BCUT2D eigenvalue weighted by Gasteiger charge is 2.33. The topological polar surface area (TPSA) is 66.5 Å². The van der Waals surface area contributed by atoms with Crippen LogP contribution in [0.15, 0.2) is 41.3 Å². The van der Waals surface area contributed by atoms with Crippen LogP contribution in [-0.2, 0) is 21.2 Å². The first-order valence-electron chi connectivity index (χ1n) is 11.2. The van der Waals surface area contributed by atoms with E-state index in [-0.39, 0.29) is 11.8 Å². The monoisotopic (exact) mass is 442 g/mol. The van der Waals surface area contributed by atoms with E-state index in [1.807, 2.05) is 45.0 Å². The molecule has 1 amide bonds. The highest BCUT2D eigenvalue weighted by Crippen LogP contribution is 2.29. The molecule has 1 saturated heterocycles. The number of benzene rings is 2. The summed E-state index contributed by atoms with van der Waals surface area (Å²) in [6.45, 7) is 8.57. The standard InChI is InChI=1S/C25H34N2O3S/c1-5-6-7-21-8-10-23(11-9-21)26-25(28)22-12-14-27(15-13-22)31(29,30)24-19(3)16-18(2)17-20(24)4/h8-11,16-17,22H,5-7,12-15H2,1-4H3,(H,26,28). The third-order valence-corrected chi connectivity index (χ3v) is 8.27. The summed E-state index contributed by atoms with van der Waals surface area (Å²) >= 11 is 0. The van der Waals surface area contributed by atoms with Gasteiger partial charge < -0.3 is 5.32 Å². The Morgan fingerprint density at radius 2 is 1.61 bits per heavy atom. The minimum atomic E-state index is -3.56. The Bertz CT molecular complexity index is 998. The minimum absolute atomic E-state index is 0.0268. The van der Waals surface area contributed by atoms with Gasteiger partial charge in [-0.3, -0.25) is 4.79 Å². The molecule has 0 atom stereocenters. The van der Waals surface area contributed by atoms with E-state index in [0.717, 1.165) is 41.6 Å². The van der Waals surface area contributed by atoms with E-state index in [9.17, 15) is 13.2 Å². The van der Waals surface area contributed by atoms with Gasteiger partial charge in [-0.2, -0.15) is 4.31 Å². The van der Waals surface area contributed by atoms with E-state index >= 15 is 0 Å². The Balaban J connectivity index is 1.60. The fourth-order valence-corrected chi connectivity index (χ4v) is 6.32. The molecule has 2 aromatic carbocycles. The molecule has 1 aliphatic rings. The van der Waals surface area contributed by atoms with Crippen LogP contribution in [0.4, 0.5) is 5.69 Å². The number of nitrogens with one attached hydrogen (secondary N) is 1. The van der Waals surface area contributed by atoms with Crippen molar-refractivity contribution in [2.75, 3.05) is 18.4 Å². The van der Waals surface area contributed by atoms with Crippen molar-refractivity contribution < 1.29 is 13.2 Å². The molecule has 0 saturated carbocycles. The summed E-state index contributed by atoms with van der Waals surface area (Å²) in [5.74, 6) is -0.201. The second kappa shape index (κ2) is 9.96. The first-order valence-corrected chi connectivity index (χ1v) is 12.6. The lowest BCUT2D eigenvalue weighted by atomic mass is 9.97. The highest BCUT2D eigenvalue weighted by atomic mass is 32.2. The Kier molecular flexibility index (Phi) is 7.55. The molecule has 1 fully saturated rings. The summed E-state index contributed by atoms with van der Waals surface area (Å²) in [6, 6.07) is 11.8. The molecule has 3 rings (SSSR count). The van der Waals surface area contributed by atoms with Crippen LogP contribution < -0.4 is 5.32 Å². The largest absolute Gasteiger partial charge is 0.326 e.